The minimum atomic E-state index is -0.273. The molecule has 0 bridgehead atoms. The third-order valence-corrected chi connectivity index (χ3v) is 2.97. The Bertz CT molecular complexity index is 395. The Hall–Kier alpha value is -1.42. The van der Waals surface area contributed by atoms with E-state index in [1.807, 2.05) is 13.0 Å². The lowest BCUT2D eigenvalue weighted by atomic mass is 10.2. The Balaban J connectivity index is 2.26. The number of benzene rings is 1. The molecule has 0 radical (unpaired) electrons. The predicted molar refractivity (Wildman–Crippen MR) is 75.2 cm³/mol. The van der Waals surface area contributed by atoms with E-state index in [0.29, 0.717) is 6.54 Å². The van der Waals surface area contributed by atoms with E-state index in [1.54, 1.807) is 6.07 Å². The van der Waals surface area contributed by atoms with Crippen molar-refractivity contribution in [3.63, 3.8) is 0 Å². The van der Waals surface area contributed by atoms with Gasteiger partial charge in [0.05, 0.1) is 6.04 Å². The molecule has 0 saturated carbocycles. The topological polar surface area (TPSA) is 41.1 Å². The first-order valence-electron chi connectivity index (χ1n) is 6.89. The van der Waals surface area contributed by atoms with Crippen molar-refractivity contribution >= 4 is 5.91 Å². The average molecular weight is 266 g/mol. The van der Waals surface area contributed by atoms with E-state index in [4.69, 9.17) is 0 Å². The molecule has 2 N–H and O–H groups in total. The van der Waals surface area contributed by atoms with Crippen molar-refractivity contribution in [3.8, 4) is 0 Å². The van der Waals surface area contributed by atoms with Crippen molar-refractivity contribution in [2.45, 2.75) is 45.7 Å². The fourth-order valence-electron chi connectivity index (χ4n) is 1.75. The molecule has 0 heterocycles. The number of unbranched alkanes of at least 4 members (excludes halogenated alkanes) is 2. The van der Waals surface area contributed by atoms with Crippen LogP contribution < -0.4 is 10.6 Å². The first-order valence-corrected chi connectivity index (χ1v) is 6.89. The van der Waals surface area contributed by atoms with Crippen LogP contribution in [0.4, 0.5) is 4.39 Å². The van der Waals surface area contributed by atoms with Gasteiger partial charge in [0.25, 0.3) is 0 Å². The van der Waals surface area contributed by atoms with Crippen molar-refractivity contribution in [2.24, 2.45) is 0 Å². The van der Waals surface area contributed by atoms with Crippen molar-refractivity contribution < 1.29 is 9.18 Å². The van der Waals surface area contributed by atoms with Gasteiger partial charge in [-0.1, -0.05) is 31.9 Å². The van der Waals surface area contributed by atoms with Gasteiger partial charge in [-0.2, -0.15) is 0 Å². The quantitative estimate of drug-likeness (QED) is 0.710. The maximum atomic E-state index is 13.0. The highest BCUT2D eigenvalue weighted by Gasteiger charge is 2.11. The van der Waals surface area contributed by atoms with Crippen LogP contribution in [0.1, 0.15) is 38.7 Å². The van der Waals surface area contributed by atoms with E-state index in [-0.39, 0.29) is 17.8 Å². The van der Waals surface area contributed by atoms with Crippen LogP contribution in [-0.2, 0) is 11.3 Å². The van der Waals surface area contributed by atoms with Crippen molar-refractivity contribution in [1.82, 2.24) is 10.6 Å². The van der Waals surface area contributed by atoms with Gasteiger partial charge in [-0.05, 0) is 31.0 Å². The fraction of sp³-hybridized carbons (Fsp3) is 0.533. The largest absolute Gasteiger partial charge is 0.355 e. The Labute approximate surface area is 114 Å². The molecule has 0 saturated heterocycles. The van der Waals surface area contributed by atoms with Crippen LogP contribution in [0, 0.1) is 5.82 Å². The number of amides is 1. The molecule has 4 heteroatoms. The summed E-state index contributed by atoms with van der Waals surface area (Å²) in [5, 5.41) is 5.98. The molecule has 1 unspecified atom stereocenters. The standard InChI is InChI=1S/C15H23FN2O/c1-3-4-5-9-17-15(19)12(2)18-11-13-7-6-8-14(16)10-13/h6-8,10,12,18H,3-5,9,11H2,1-2H3,(H,17,19). The summed E-state index contributed by atoms with van der Waals surface area (Å²) in [5.74, 6) is -0.261. The monoisotopic (exact) mass is 266 g/mol. The molecule has 0 aliphatic carbocycles. The molecule has 0 aliphatic heterocycles. The minimum absolute atomic E-state index is 0.00694. The predicted octanol–water partition coefficient (Wildman–Crippen LogP) is 2.61. The Morgan fingerprint density at radius 3 is 2.84 bits per heavy atom. The zero-order chi connectivity index (χ0) is 14.1. The summed E-state index contributed by atoms with van der Waals surface area (Å²) >= 11 is 0. The van der Waals surface area contributed by atoms with Gasteiger partial charge < -0.3 is 10.6 Å². The maximum Gasteiger partial charge on any atom is 0.236 e. The van der Waals surface area contributed by atoms with Crippen LogP contribution in [0.5, 0.6) is 0 Å². The summed E-state index contributed by atoms with van der Waals surface area (Å²) in [6, 6.07) is 6.11. The SMILES string of the molecule is CCCCCNC(=O)C(C)NCc1cccc(F)c1. The summed E-state index contributed by atoms with van der Waals surface area (Å²) < 4.78 is 13.0. The molecule has 1 aromatic rings. The van der Waals surface area contributed by atoms with Crippen LogP contribution >= 0.6 is 0 Å². The molecule has 1 rings (SSSR count). The number of halogens is 1. The van der Waals surface area contributed by atoms with Gasteiger partial charge in [0.1, 0.15) is 5.82 Å². The molecule has 0 aliphatic rings. The van der Waals surface area contributed by atoms with Crippen LogP contribution in [0.3, 0.4) is 0 Å². The second-order valence-corrected chi connectivity index (χ2v) is 4.73. The number of rotatable bonds is 8. The van der Waals surface area contributed by atoms with Crippen LogP contribution in [0.25, 0.3) is 0 Å². The number of carbonyl (C=O) groups is 1. The van der Waals surface area contributed by atoms with E-state index < -0.39 is 0 Å². The lowest BCUT2D eigenvalue weighted by molar-refractivity contribution is -0.122. The lowest BCUT2D eigenvalue weighted by Crippen LogP contribution is -2.42. The van der Waals surface area contributed by atoms with Gasteiger partial charge in [0.15, 0.2) is 0 Å². The van der Waals surface area contributed by atoms with Crippen LogP contribution in [0.2, 0.25) is 0 Å². The minimum Gasteiger partial charge on any atom is -0.355 e. The molecule has 19 heavy (non-hydrogen) atoms. The Kier molecular flexibility index (Phi) is 7.11. The Morgan fingerprint density at radius 2 is 2.16 bits per heavy atom. The van der Waals surface area contributed by atoms with Gasteiger partial charge in [-0.3, -0.25) is 4.79 Å². The van der Waals surface area contributed by atoms with E-state index in [9.17, 15) is 9.18 Å². The van der Waals surface area contributed by atoms with E-state index in [0.717, 1.165) is 31.4 Å². The van der Waals surface area contributed by atoms with Gasteiger partial charge in [0.2, 0.25) is 5.91 Å². The average Bonchev–Trinajstić information content (AvgIpc) is 2.41. The van der Waals surface area contributed by atoms with Crippen LogP contribution in [0.15, 0.2) is 24.3 Å². The van der Waals surface area contributed by atoms with Gasteiger partial charge in [-0.25, -0.2) is 4.39 Å². The van der Waals surface area contributed by atoms with Gasteiger partial charge >= 0.3 is 0 Å². The number of hydrogen-bond acceptors (Lipinski definition) is 2. The zero-order valence-electron chi connectivity index (χ0n) is 11.7. The molecule has 0 aromatic heterocycles. The number of carbonyl (C=O) groups excluding carboxylic acids is 1. The van der Waals surface area contributed by atoms with Gasteiger partial charge in [0, 0.05) is 13.1 Å². The Morgan fingerprint density at radius 1 is 1.37 bits per heavy atom. The second kappa shape index (κ2) is 8.64. The molecular weight excluding hydrogens is 243 g/mol. The van der Waals surface area contributed by atoms with Crippen molar-refractivity contribution in [1.29, 1.82) is 0 Å². The molecule has 0 fully saturated rings. The van der Waals surface area contributed by atoms with Crippen molar-refractivity contribution in [3.05, 3.63) is 35.6 Å². The summed E-state index contributed by atoms with van der Waals surface area (Å²) in [4.78, 5) is 11.7. The summed E-state index contributed by atoms with van der Waals surface area (Å²) in [5.41, 5.74) is 0.839. The first-order chi connectivity index (χ1) is 9.13. The third-order valence-electron chi connectivity index (χ3n) is 2.97. The lowest BCUT2D eigenvalue weighted by Gasteiger charge is -2.14. The maximum absolute atomic E-state index is 13.0. The molecule has 3 nitrogen and oxygen atoms in total. The highest BCUT2D eigenvalue weighted by atomic mass is 19.1. The highest BCUT2D eigenvalue weighted by Crippen LogP contribution is 2.03. The third kappa shape index (κ3) is 6.34. The molecule has 106 valence electrons. The normalized spacial score (nSPS) is 12.2. The van der Waals surface area contributed by atoms with E-state index in [2.05, 4.69) is 17.6 Å². The summed E-state index contributed by atoms with van der Waals surface area (Å²) in [6.07, 6.45) is 3.29. The fourth-order valence-corrected chi connectivity index (χ4v) is 1.75. The summed E-state index contributed by atoms with van der Waals surface area (Å²) in [7, 11) is 0. The zero-order valence-corrected chi connectivity index (χ0v) is 11.7. The van der Waals surface area contributed by atoms with E-state index >= 15 is 0 Å². The first kappa shape index (κ1) is 15.6. The molecule has 1 atom stereocenters. The molecule has 1 aromatic carbocycles. The van der Waals surface area contributed by atoms with E-state index in [1.165, 1.54) is 12.1 Å². The van der Waals surface area contributed by atoms with Gasteiger partial charge in [-0.15, -0.1) is 0 Å². The molecule has 0 spiro atoms. The second-order valence-electron chi connectivity index (χ2n) is 4.73. The highest BCUT2D eigenvalue weighted by molar-refractivity contribution is 5.81. The van der Waals surface area contributed by atoms with Crippen molar-refractivity contribution in [2.75, 3.05) is 6.54 Å². The number of hydrogen-bond donors (Lipinski definition) is 2. The molecule has 1 amide bonds. The molecular formula is C15H23FN2O. The summed E-state index contributed by atoms with van der Waals surface area (Å²) in [6.45, 7) is 5.15. The van der Waals surface area contributed by atoms with Crippen LogP contribution in [-0.4, -0.2) is 18.5 Å². The smallest absolute Gasteiger partial charge is 0.236 e. The number of nitrogens with one attached hydrogen (secondary N) is 2.